The second-order valence-electron chi connectivity index (χ2n) is 1.22. The summed E-state index contributed by atoms with van der Waals surface area (Å²) in [6.45, 7) is 0. The molecular weight excluding hydrogens is 160 g/mol. The van der Waals surface area contributed by atoms with E-state index in [1.165, 1.54) is 0 Å². The van der Waals surface area contributed by atoms with Crippen molar-refractivity contribution in [2.24, 2.45) is 0 Å². The lowest BCUT2D eigenvalue weighted by Gasteiger charge is -1.75. The predicted molar refractivity (Wildman–Crippen MR) is 34.3 cm³/mol. The summed E-state index contributed by atoms with van der Waals surface area (Å²) in [6.07, 6.45) is 0. The number of nitrogens with one attached hydrogen (secondary N) is 1. The number of rotatable bonds is 1. The molecule has 0 radical (unpaired) electrons. The molecule has 0 unspecified atom stereocenters. The predicted octanol–water partition coefficient (Wildman–Crippen LogP) is 0.899. The van der Waals surface area contributed by atoms with Crippen molar-refractivity contribution in [3.63, 3.8) is 0 Å². The third-order valence-electron chi connectivity index (χ3n) is 0.621. The number of nitrogens with zero attached hydrogens (tertiary/aromatic N) is 1. The first-order chi connectivity index (χ1) is 4.20. The monoisotopic (exact) mass is 162 g/mol. The van der Waals surface area contributed by atoms with Crippen molar-refractivity contribution >= 4 is 29.5 Å². The number of carboxylic acids is 1. The highest BCUT2D eigenvalue weighted by atomic mass is 32.1. The van der Waals surface area contributed by atoms with Crippen LogP contribution in [0.1, 0.15) is 9.80 Å². The van der Waals surface area contributed by atoms with E-state index in [1.54, 1.807) is 0 Å². The molecule has 0 saturated carbocycles. The van der Waals surface area contributed by atoms with Crippen LogP contribution in [0, 0.1) is 3.95 Å². The molecular formula is C3H2N2O2S2. The van der Waals surface area contributed by atoms with Gasteiger partial charge < -0.3 is 5.11 Å². The molecule has 1 rings (SSSR count). The van der Waals surface area contributed by atoms with Crippen molar-refractivity contribution in [2.45, 2.75) is 0 Å². The highest BCUT2D eigenvalue weighted by molar-refractivity contribution is 7.73. The maximum absolute atomic E-state index is 10.1. The van der Waals surface area contributed by atoms with Gasteiger partial charge in [-0.05, 0) is 12.2 Å². The van der Waals surface area contributed by atoms with Crippen LogP contribution in [0.2, 0.25) is 0 Å². The van der Waals surface area contributed by atoms with Crippen LogP contribution in [0.3, 0.4) is 0 Å². The minimum atomic E-state index is -1.05. The zero-order valence-electron chi connectivity index (χ0n) is 4.12. The van der Waals surface area contributed by atoms with Gasteiger partial charge in [0.25, 0.3) is 0 Å². The van der Waals surface area contributed by atoms with E-state index in [9.17, 15) is 4.79 Å². The molecule has 0 aliphatic rings. The summed E-state index contributed by atoms with van der Waals surface area (Å²) in [6, 6.07) is 0. The Bertz CT molecular complexity index is 275. The number of carboxylic acid groups (broad SMARTS) is 1. The molecule has 9 heavy (non-hydrogen) atoms. The summed E-state index contributed by atoms with van der Waals surface area (Å²) in [5.74, 6) is -1.05. The summed E-state index contributed by atoms with van der Waals surface area (Å²) in [7, 11) is 0. The third kappa shape index (κ3) is 1.33. The molecule has 0 saturated heterocycles. The van der Waals surface area contributed by atoms with Gasteiger partial charge in [0.1, 0.15) is 0 Å². The van der Waals surface area contributed by atoms with Gasteiger partial charge in [0.2, 0.25) is 5.01 Å². The van der Waals surface area contributed by atoms with Crippen LogP contribution < -0.4 is 0 Å². The molecule has 0 aliphatic heterocycles. The Morgan fingerprint density at radius 3 is 2.78 bits per heavy atom. The zero-order valence-corrected chi connectivity index (χ0v) is 5.75. The number of aromatic amines is 1. The minimum Gasteiger partial charge on any atom is -0.476 e. The van der Waals surface area contributed by atoms with Gasteiger partial charge in [-0.25, -0.2) is 4.79 Å². The number of hydrogen-bond acceptors (Lipinski definition) is 4. The van der Waals surface area contributed by atoms with Crippen molar-refractivity contribution in [1.29, 1.82) is 0 Å². The van der Waals surface area contributed by atoms with Gasteiger partial charge in [0.05, 0.1) is 0 Å². The molecule has 1 heterocycles. The van der Waals surface area contributed by atoms with Crippen molar-refractivity contribution < 1.29 is 9.90 Å². The zero-order chi connectivity index (χ0) is 6.85. The Morgan fingerprint density at radius 1 is 1.89 bits per heavy atom. The Kier molecular flexibility index (Phi) is 1.58. The van der Waals surface area contributed by atoms with E-state index in [-0.39, 0.29) is 5.01 Å². The molecule has 4 nitrogen and oxygen atoms in total. The van der Waals surface area contributed by atoms with Crippen LogP contribution >= 0.6 is 23.6 Å². The molecule has 48 valence electrons. The lowest BCUT2D eigenvalue weighted by atomic mass is 10.7. The van der Waals surface area contributed by atoms with Crippen LogP contribution in [-0.2, 0) is 0 Å². The van der Waals surface area contributed by atoms with E-state index in [4.69, 9.17) is 5.11 Å². The van der Waals surface area contributed by atoms with Crippen molar-refractivity contribution in [2.75, 3.05) is 0 Å². The van der Waals surface area contributed by atoms with Gasteiger partial charge in [0, 0.05) is 0 Å². The molecule has 0 amide bonds. The first-order valence-corrected chi connectivity index (χ1v) is 3.21. The van der Waals surface area contributed by atoms with Crippen molar-refractivity contribution in [1.82, 2.24) is 10.2 Å². The van der Waals surface area contributed by atoms with E-state index in [0.717, 1.165) is 11.3 Å². The van der Waals surface area contributed by atoms with Gasteiger partial charge >= 0.3 is 5.97 Å². The first-order valence-electron chi connectivity index (χ1n) is 1.99. The third-order valence-corrected chi connectivity index (χ3v) is 1.70. The minimum absolute atomic E-state index is 0.000000000000000222. The van der Waals surface area contributed by atoms with E-state index in [1.807, 2.05) is 0 Å². The Hall–Kier alpha value is -0.750. The maximum Gasteiger partial charge on any atom is 0.366 e. The number of aromatic carboxylic acids is 1. The SMILES string of the molecule is O=C(O)c1n[nH]c(=S)s1. The summed E-state index contributed by atoms with van der Waals surface area (Å²) in [4.78, 5) is 10.1. The van der Waals surface area contributed by atoms with Gasteiger partial charge in [0.15, 0.2) is 3.95 Å². The van der Waals surface area contributed by atoms with E-state index in [0.29, 0.717) is 3.95 Å². The molecule has 0 aromatic carbocycles. The second kappa shape index (κ2) is 2.24. The molecule has 0 aliphatic carbocycles. The molecule has 0 spiro atoms. The van der Waals surface area contributed by atoms with Crippen LogP contribution in [0.4, 0.5) is 0 Å². The van der Waals surface area contributed by atoms with E-state index >= 15 is 0 Å². The summed E-state index contributed by atoms with van der Waals surface area (Å²) in [5, 5.41) is 14.0. The average Bonchev–Trinajstić information content (AvgIpc) is 2.14. The normalized spacial score (nSPS) is 9.33. The number of H-pyrrole nitrogens is 1. The summed E-state index contributed by atoms with van der Waals surface area (Å²) >= 11 is 5.53. The Morgan fingerprint density at radius 2 is 2.56 bits per heavy atom. The molecule has 0 atom stereocenters. The highest BCUT2D eigenvalue weighted by Crippen LogP contribution is 2.02. The van der Waals surface area contributed by atoms with Crippen molar-refractivity contribution in [3.8, 4) is 0 Å². The van der Waals surface area contributed by atoms with Crippen LogP contribution in [0.25, 0.3) is 0 Å². The fourth-order valence-corrected chi connectivity index (χ4v) is 1.05. The summed E-state index contributed by atoms with van der Waals surface area (Å²) in [5.41, 5.74) is 0. The molecule has 1 aromatic heterocycles. The quantitative estimate of drug-likeness (QED) is 0.602. The average molecular weight is 162 g/mol. The largest absolute Gasteiger partial charge is 0.476 e. The second-order valence-corrected chi connectivity index (χ2v) is 2.89. The molecule has 0 bridgehead atoms. The molecule has 1 aromatic rings. The maximum atomic E-state index is 10.1. The number of carbonyl (C=O) groups is 1. The lowest BCUT2D eigenvalue weighted by Crippen LogP contribution is -1.93. The highest BCUT2D eigenvalue weighted by Gasteiger charge is 2.04. The Balaban J connectivity index is 3.12. The van der Waals surface area contributed by atoms with E-state index < -0.39 is 5.97 Å². The number of hydrogen-bond donors (Lipinski definition) is 2. The fourth-order valence-electron chi connectivity index (χ4n) is 0.321. The smallest absolute Gasteiger partial charge is 0.366 e. The van der Waals surface area contributed by atoms with Gasteiger partial charge in [-0.2, -0.15) is 5.10 Å². The molecule has 0 fully saturated rings. The Labute approximate surface area is 59.2 Å². The van der Waals surface area contributed by atoms with Crippen LogP contribution in [0.15, 0.2) is 0 Å². The molecule has 2 N–H and O–H groups in total. The van der Waals surface area contributed by atoms with Crippen LogP contribution in [-0.4, -0.2) is 21.3 Å². The van der Waals surface area contributed by atoms with Gasteiger partial charge in [-0.3, -0.25) is 5.10 Å². The van der Waals surface area contributed by atoms with E-state index in [2.05, 4.69) is 22.4 Å². The standard InChI is InChI=1S/C3H2N2O2S2/c6-2(7)1-4-5-3(8)9-1/h(H,5,8)(H,6,7). The first kappa shape index (κ1) is 6.37. The number of aromatic nitrogens is 2. The van der Waals surface area contributed by atoms with Crippen molar-refractivity contribution in [3.05, 3.63) is 8.96 Å². The van der Waals surface area contributed by atoms with Crippen LogP contribution in [0.5, 0.6) is 0 Å². The summed E-state index contributed by atoms with van der Waals surface area (Å²) < 4.78 is 0.382. The lowest BCUT2D eigenvalue weighted by molar-refractivity contribution is 0.0695. The van der Waals surface area contributed by atoms with Gasteiger partial charge in [-0.1, -0.05) is 11.3 Å². The molecule has 6 heteroatoms. The van der Waals surface area contributed by atoms with Gasteiger partial charge in [-0.15, -0.1) is 0 Å². The fraction of sp³-hybridized carbons (Fsp3) is 0. The topological polar surface area (TPSA) is 66.0 Å².